The highest BCUT2D eigenvalue weighted by molar-refractivity contribution is 5.97. The first-order valence-corrected chi connectivity index (χ1v) is 18.4. The lowest BCUT2D eigenvalue weighted by atomic mass is 9.79. The van der Waals surface area contributed by atoms with Crippen molar-refractivity contribution in [2.45, 2.75) is 108 Å². The second-order valence-electron chi connectivity index (χ2n) is 14.8. The number of morpholine rings is 1. The Labute approximate surface area is 313 Å². The molecule has 1 aliphatic carbocycles. The molecule has 3 aliphatic rings. The molecule has 0 aromatic carbocycles. The van der Waals surface area contributed by atoms with Crippen LogP contribution in [0.15, 0.2) is 17.3 Å². The van der Waals surface area contributed by atoms with E-state index in [9.17, 15) is 34.8 Å². The zero-order valence-electron chi connectivity index (χ0n) is 31.1. The van der Waals surface area contributed by atoms with Gasteiger partial charge in [-0.25, -0.2) is 9.79 Å². The van der Waals surface area contributed by atoms with Crippen LogP contribution in [0.5, 0.6) is 0 Å². The second kappa shape index (κ2) is 18.2. The number of aliphatic imine (C=N–C) groups is 1. The van der Waals surface area contributed by atoms with E-state index in [1.165, 1.54) is 0 Å². The van der Waals surface area contributed by atoms with Crippen molar-refractivity contribution in [3.05, 3.63) is 18.0 Å². The molecule has 20 nitrogen and oxygen atoms in total. The van der Waals surface area contributed by atoms with Gasteiger partial charge in [0.2, 0.25) is 11.9 Å². The molecule has 0 spiro atoms. The van der Waals surface area contributed by atoms with E-state index >= 15 is 0 Å². The van der Waals surface area contributed by atoms with Crippen LogP contribution >= 0.6 is 0 Å². The van der Waals surface area contributed by atoms with Gasteiger partial charge in [-0.15, -0.1) is 5.10 Å². The number of alkyl carbamates (subject to hydrolysis) is 1. The van der Waals surface area contributed by atoms with Gasteiger partial charge in [-0.1, -0.05) is 5.21 Å². The second-order valence-corrected chi connectivity index (χ2v) is 14.8. The van der Waals surface area contributed by atoms with Crippen molar-refractivity contribution in [3.8, 4) is 0 Å². The Kier molecular flexibility index (Phi) is 13.7. The first-order chi connectivity index (χ1) is 25.7. The standard InChI is InChI=1S/C34H53N11O9/c1-33(2,3)54-32(51)36-8-4-10-45-21-23(41-42-45)20-37-31-39-26(17-27(40-31)43-13-15-53-16-14-43)38-22-6-11-44(12-7-22)28(48)5-9-35-30(50)34(52)18-24(46)29(49)25(47)19-34/h9,17,21-22,24-25,29,46-47,49,52H,4-8,10-16,18-20H2,1-3H3,(H,36,51)(H2,37,38,39,40). The van der Waals surface area contributed by atoms with Crippen LogP contribution in [0.25, 0.3) is 0 Å². The molecule has 1 saturated carbocycles. The van der Waals surface area contributed by atoms with Crippen molar-refractivity contribution in [2.75, 3.05) is 61.5 Å². The predicted molar refractivity (Wildman–Crippen MR) is 195 cm³/mol. The van der Waals surface area contributed by atoms with Gasteiger partial charge < -0.3 is 55.7 Å². The van der Waals surface area contributed by atoms with Gasteiger partial charge in [0.1, 0.15) is 29.0 Å². The molecule has 2 atom stereocenters. The predicted octanol–water partition coefficient (Wildman–Crippen LogP) is -0.570. The quantitative estimate of drug-likeness (QED) is 0.0996. The van der Waals surface area contributed by atoms with Crippen molar-refractivity contribution < 1.29 is 44.3 Å². The van der Waals surface area contributed by atoms with E-state index in [1.807, 2.05) is 33.0 Å². The van der Waals surface area contributed by atoms with Crippen LogP contribution in [0.2, 0.25) is 0 Å². The average Bonchev–Trinajstić information content (AvgIpc) is 3.59. The van der Waals surface area contributed by atoms with Crippen LogP contribution in [-0.4, -0.2) is 156 Å². The van der Waals surface area contributed by atoms with Crippen LogP contribution in [-0.2, 0) is 32.2 Å². The molecule has 0 bridgehead atoms. The smallest absolute Gasteiger partial charge is 0.407 e. The number of nitrogens with zero attached hydrogens (tertiary/aromatic N) is 8. The van der Waals surface area contributed by atoms with Gasteiger partial charge in [0, 0.05) is 70.4 Å². The summed E-state index contributed by atoms with van der Waals surface area (Å²) in [5.74, 6) is 0.588. The highest BCUT2D eigenvalue weighted by atomic mass is 16.6. The molecule has 2 unspecified atom stereocenters. The Morgan fingerprint density at radius 2 is 1.78 bits per heavy atom. The lowest BCUT2D eigenvalue weighted by molar-refractivity contribution is -0.170. The fourth-order valence-electron chi connectivity index (χ4n) is 6.37. The Morgan fingerprint density at radius 3 is 2.46 bits per heavy atom. The van der Waals surface area contributed by atoms with Crippen LogP contribution in [0, 0.1) is 0 Å². The summed E-state index contributed by atoms with van der Waals surface area (Å²) in [5.41, 5.74) is -1.98. The molecule has 54 heavy (non-hydrogen) atoms. The van der Waals surface area contributed by atoms with E-state index in [-0.39, 0.29) is 18.4 Å². The largest absolute Gasteiger partial charge is 0.444 e. The Morgan fingerprint density at radius 1 is 1.07 bits per heavy atom. The summed E-state index contributed by atoms with van der Waals surface area (Å²) in [4.78, 5) is 54.3. The van der Waals surface area contributed by atoms with E-state index in [0.29, 0.717) is 95.7 Å². The molecule has 5 rings (SSSR count). The minimum Gasteiger partial charge on any atom is -0.444 e. The molecule has 0 radical (unpaired) electrons. The summed E-state index contributed by atoms with van der Waals surface area (Å²) in [6.45, 7) is 10.3. The number of carbonyl (C=O) groups excluding carboxylic acids is 3. The number of likely N-dealkylation sites (tertiary alicyclic amines) is 1. The van der Waals surface area contributed by atoms with Gasteiger partial charge in [-0.2, -0.15) is 9.97 Å². The molecular formula is C34H53N11O9. The average molecular weight is 760 g/mol. The van der Waals surface area contributed by atoms with Crippen molar-refractivity contribution in [1.29, 1.82) is 0 Å². The molecule has 3 amide bonds. The van der Waals surface area contributed by atoms with Crippen LogP contribution in [0.4, 0.5) is 22.4 Å². The number of amides is 3. The topological polar surface area (TPSA) is 262 Å². The van der Waals surface area contributed by atoms with Crippen molar-refractivity contribution in [2.24, 2.45) is 4.99 Å². The normalized spacial score (nSPS) is 24.0. The van der Waals surface area contributed by atoms with Gasteiger partial charge in [0.25, 0.3) is 5.91 Å². The van der Waals surface area contributed by atoms with E-state index < -0.39 is 54.4 Å². The van der Waals surface area contributed by atoms with Gasteiger partial charge in [0.15, 0.2) is 5.60 Å². The number of ether oxygens (including phenoxy) is 2. The number of anilines is 3. The van der Waals surface area contributed by atoms with E-state index in [1.54, 1.807) is 9.58 Å². The lowest BCUT2D eigenvalue weighted by Gasteiger charge is -2.38. The molecule has 298 valence electrons. The van der Waals surface area contributed by atoms with Gasteiger partial charge in [-0.05, 0) is 40.0 Å². The summed E-state index contributed by atoms with van der Waals surface area (Å²) in [6, 6.07) is 1.94. The minimum absolute atomic E-state index is 0.0306. The Balaban J connectivity index is 1.10. The molecule has 4 heterocycles. The van der Waals surface area contributed by atoms with E-state index in [2.05, 4.69) is 36.2 Å². The fourth-order valence-corrected chi connectivity index (χ4v) is 6.37. The highest BCUT2D eigenvalue weighted by Crippen LogP contribution is 2.30. The maximum atomic E-state index is 12.9. The van der Waals surface area contributed by atoms with Crippen LogP contribution in [0.3, 0.4) is 0 Å². The molecular weight excluding hydrogens is 706 g/mol. The number of aromatic nitrogens is 5. The summed E-state index contributed by atoms with van der Waals surface area (Å²) in [5, 5.41) is 58.0. The number of carbonyl (C=O) groups is 3. The number of hydrogen-bond donors (Lipinski definition) is 7. The molecule has 3 fully saturated rings. The molecule has 2 saturated heterocycles. The number of piperidine rings is 1. The summed E-state index contributed by atoms with van der Waals surface area (Å²) < 4.78 is 12.5. The van der Waals surface area contributed by atoms with Gasteiger partial charge in [0.05, 0.1) is 44.6 Å². The number of aliphatic hydroxyl groups is 4. The summed E-state index contributed by atoms with van der Waals surface area (Å²) >= 11 is 0. The van der Waals surface area contributed by atoms with Gasteiger partial charge >= 0.3 is 6.09 Å². The number of aliphatic hydroxyl groups excluding tert-OH is 3. The van der Waals surface area contributed by atoms with Crippen molar-refractivity contribution in [1.82, 2.24) is 35.2 Å². The zero-order chi connectivity index (χ0) is 38.9. The van der Waals surface area contributed by atoms with Crippen LogP contribution in [0.1, 0.15) is 65.0 Å². The van der Waals surface area contributed by atoms with Crippen LogP contribution < -0.4 is 20.9 Å². The maximum Gasteiger partial charge on any atom is 0.407 e. The first-order valence-electron chi connectivity index (χ1n) is 18.4. The minimum atomic E-state index is -2.12. The SMILES string of the molecule is CC(C)(C)OC(=O)NCCCn1cc(CNc2nc(NC3CCN(C(=O)CC=NC(=O)C4(O)CC(O)C(O)C(O)C4)CC3)cc(N3CCOCC3)n2)nn1. The lowest BCUT2D eigenvalue weighted by Crippen LogP contribution is -2.55. The number of aryl methyl sites for hydroxylation is 1. The Hall–Kier alpha value is -4.50. The van der Waals surface area contributed by atoms with Crippen molar-refractivity contribution >= 4 is 41.7 Å². The molecule has 2 aliphatic heterocycles. The third-order valence-corrected chi connectivity index (χ3v) is 9.25. The van der Waals surface area contributed by atoms with E-state index in [4.69, 9.17) is 19.4 Å². The van der Waals surface area contributed by atoms with Crippen molar-refractivity contribution in [3.63, 3.8) is 0 Å². The third kappa shape index (κ3) is 11.7. The molecule has 7 N–H and O–H groups in total. The third-order valence-electron chi connectivity index (χ3n) is 9.25. The molecule has 20 heteroatoms. The number of nitrogens with one attached hydrogen (secondary N) is 3. The molecule has 2 aromatic rings. The fraction of sp³-hybridized carbons (Fsp3) is 0.706. The maximum absolute atomic E-state index is 12.9. The first kappa shape index (κ1) is 40.7. The number of rotatable bonds is 13. The summed E-state index contributed by atoms with van der Waals surface area (Å²) in [6.07, 6.45) is -1.04. The van der Waals surface area contributed by atoms with Gasteiger partial charge in [-0.3, -0.25) is 14.3 Å². The Bertz CT molecular complexity index is 1590. The molecule has 2 aromatic heterocycles. The summed E-state index contributed by atoms with van der Waals surface area (Å²) in [7, 11) is 0. The number of hydrogen-bond acceptors (Lipinski definition) is 16. The zero-order valence-corrected chi connectivity index (χ0v) is 31.1. The highest BCUT2D eigenvalue weighted by Gasteiger charge is 2.48. The monoisotopic (exact) mass is 759 g/mol. The van der Waals surface area contributed by atoms with E-state index in [0.717, 1.165) is 12.0 Å².